The van der Waals surface area contributed by atoms with Gasteiger partial charge in [0.15, 0.2) is 0 Å². The maximum Gasteiger partial charge on any atom is 0.145 e. The molecule has 2 aromatic rings. The van der Waals surface area contributed by atoms with E-state index < -0.39 is 0 Å². The van der Waals surface area contributed by atoms with Crippen LogP contribution in [0.4, 0.5) is 0 Å². The first kappa shape index (κ1) is 23.8. The molecule has 0 heterocycles. The van der Waals surface area contributed by atoms with Crippen LogP contribution in [0.2, 0.25) is 6.82 Å². The van der Waals surface area contributed by atoms with Crippen molar-refractivity contribution in [3.8, 4) is 0 Å². The van der Waals surface area contributed by atoms with Crippen molar-refractivity contribution < 1.29 is 0 Å². The second-order valence-electron chi connectivity index (χ2n) is 7.17. The van der Waals surface area contributed by atoms with Gasteiger partial charge in [0, 0.05) is 22.9 Å². The summed E-state index contributed by atoms with van der Waals surface area (Å²) >= 11 is 1.87. The molecule has 2 nitrogen and oxygen atoms in total. The summed E-state index contributed by atoms with van der Waals surface area (Å²) in [5, 5.41) is 11.1. The van der Waals surface area contributed by atoms with E-state index in [2.05, 4.69) is 88.1 Å². The average molecular weight is 416 g/mol. The first-order valence-corrected chi connectivity index (χ1v) is 11.7. The molecule has 2 N–H and O–H groups in total. The third-order valence-corrected chi connectivity index (χ3v) is 5.86. The van der Waals surface area contributed by atoms with Crippen LogP contribution in [0.3, 0.4) is 0 Å². The lowest BCUT2D eigenvalue weighted by Gasteiger charge is -2.18. The zero-order valence-corrected chi connectivity index (χ0v) is 19.5. The molecule has 156 valence electrons. The first-order chi connectivity index (χ1) is 14.6. The Hall–Kier alpha value is -2.46. The largest absolute Gasteiger partial charge is 0.368 e. The van der Waals surface area contributed by atoms with Crippen LogP contribution in [0, 0.1) is 12.3 Å². The second kappa shape index (κ2) is 12.3. The van der Waals surface area contributed by atoms with Crippen LogP contribution in [-0.2, 0) is 6.42 Å². The number of hydrogen-bond acceptors (Lipinski definition) is 3. The average Bonchev–Trinajstić information content (AvgIpc) is 2.75. The predicted molar refractivity (Wildman–Crippen MR) is 138 cm³/mol. The number of hydrogen-bond donors (Lipinski definition) is 2. The van der Waals surface area contributed by atoms with Crippen LogP contribution in [0.1, 0.15) is 48.1 Å². The van der Waals surface area contributed by atoms with Crippen molar-refractivity contribution in [2.45, 2.75) is 45.3 Å². The number of benzene rings is 2. The van der Waals surface area contributed by atoms with Gasteiger partial charge in [-0.15, -0.1) is 17.7 Å². The van der Waals surface area contributed by atoms with E-state index in [0.29, 0.717) is 0 Å². The molecule has 0 spiro atoms. The van der Waals surface area contributed by atoms with Crippen molar-refractivity contribution in [3.05, 3.63) is 89.2 Å². The molecule has 0 amide bonds. The van der Waals surface area contributed by atoms with Crippen LogP contribution in [0.5, 0.6) is 0 Å². The van der Waals surface area contributed by atoms with Crippen molar-refractivity contribution in [3.63, 3.8) is 0 Å². The maximum atomic E-state index is 7.83. The molecule has 0 aliphatic rings. The Labute approximate surface area is 187 Å². The molecule has 0 fully saturated rings. The van der Waals surface area contributed by atoms with Crippen LogP contribution in [0.25, 0.3) is 11.1 Å². The Morgan fingerprint density at radius 3 is 2.60 bits per heavy atom. The molecule has 0 saturated carbocycles. The summed E-state index contributed by atoms with van der Waals surface area (Å²) in [6, 6.07) is 13.3. The van der Waals surface area contributed by atoms with E-state index in [4.69, 9.17) is 5.41 Å². The molecule has 0 aliphatic heterocycles. The zero-order chi connectivity index (χ0) is 21.9. The predicted octanol–water partition coefficient (Wildman–Crippen LogP) is 6.66. The Kier molecular flexibility index (Phi) is 9.76. The Morgan fingerprint density at radius 1 is 1.17 bits per heavy atom. The van der Waals surface area contributed by atoms with Crippen LogP contribution < -0.4 is 5.32 Å². The fraction of sp³-hybridized carbons (Fsp3) is 0.269. The molecule has 0 radical (unpaired) electrons. The Balaban J connectivity index is 2.73. The highest BCUT2D eigenvalue weighted by Crippen LogP contribution is 2.33. The highest BCUT2D eigenvalue weighted by atomic mass is 32.2. The van der Waals surface area contributed by atoms with E-state index in [9.17, 15) is 0 Å². The molecule has 0 atom stereocenters. The van der Waals surface area contributed by atoms with Crippen LogP contribution in [-0.4, -0.2) is 19.2 Å². The summed E-state index contributed by atoms with van der Waals surface area (Å²) in [5.74, 6) is 3.16. The van der Waals surface area contributed by atoms with Crippen LogP contribution >= 0.6 is 11.8 Å². The van der Waals surface area contributed by atoms with Gasteiger partial charge in [-0.2, -0.15) is 0 Å². The summed E-state index contributed by atoms with van der Waals surface area (Å²) in [6.07, 6.45) is 7.36. The normalized spacial score (nSPS) is 11.9. The highest BCUT2D eigenvalue weighted by Gasteiger charge is 2.15. The smallest absolute Gasteiger partial charge is 0.145 e. The summed E-state index contributed by atoms with van der Waals surface area (Å²) in [7, 11) is 0.908. The number of thioether (sulfide) groups is 1. The number of nitrogens with one attached hydrogen (secondary N) is 2. The maximum absolute atomic E-state index is 7.83. The molecule has 0 aliphatic carbocycles. The number of allylic oxidation sites excluding steroid dienone is 1. The minimum atomic E-state index is 0.908. The third-order valence-electron chi connectivity index (χ3n) is 4.99. The van der Waals surface area contributed by atoms with E-state index in [1.54, 1.807) is 6.20 Å². The summed E-state index contributed by atoms with van der Waals surface area (Å²) in [5.41, 5.74) is 8.22. The lowest BCUT2D eigenvalue weighted by atomic mass is 9.79. The van der Waals surface area contributed by atoms with E-state index in [-0.39, 0.29) is 0 Å². The van der Waals surface area contributed by atoms with Gasteiger partial charge in [0.05, 0.1) is 0 Å². The molecular weight excluding hydrogens is 383 g/mol. The van der Waals surface area contributed by atoms with E-state index in [1.165, 1.54) is 33.4 Å². The van der Waals surface area contributed by atoms with Crippen molar-refractivity contribution in [1.82, 2.24) is 5.32 Å². The van der Waals surface area contributed by atoms with Gasteiger partial charge in [-0.05, 0) is 76.9 Å². The first-order valence-electron chi connectivity index (χ1n) is 10.7. The van der Waals surface area contributed by atoms with Crippen LogP contribution in [0.15, 0.2) is 66.2 Å². The summed E-state index contributed by atoms with van der Waals surface area (Å²) in [4.78, 5) is 1.29. The van der Waals surface area contributed by atoms with Gasteiger partial charge in [-0.1, -0.05) is 51.9 Å². The molecule has 4 heteroatoms. The van der Waals surface area contributed by atoms with Gasteiger partial charge in [-0.3, -0.25) is 0 Å². The van der Waals surface area contributed by atoms with Gasteiger partial charge in [0.25, 0.3) is 0 Å². The minimum absolute atomic E-state index is 0.908. The topological polar surface area (TPSA) is 35.9 Å². The molecule has 30 heavy (non-hydrogen) atoms. The standard InChI is InChI=1S/C26H33BN2S/c1-6-9-20-12-13-23(30-8-3)15-25(20)26(18-29-7-2)24-14-21(11-10-19(24)4)22(17-28)16-27-5/h7,10-18,27-29H,2,6,8-9H2,1,3-5H3/b22-16+,26-18+,28-17?. The summed E-state index contributed by atoms with van der Waals surface area (Å²) in [6.45, 7) is 12.5. The van der Waals surface area contributed by atoms with Gasteiger partial charge < -0.3 is 10.7 Å². The molecule has 0 saturated heterocycles. The second-order valence-corrected chi connectivity index (χ2v) is 8.51. The molecule has 0 bridgehead atoms. The van der Waals surface area contributed by atoms with Gasteiger partial charge in [0.2, 0.25) is 0 Å². The van der Waals surface area contributed by atoms with E-state index in [1.807, 2.05) is 11.8 Å². The zero-order valence-electron chi connectivity index (χ0n) is 18.7. The lowest BCUT2D eigenvalue weighted by Crippen LogP contribution is -2.03. The highest BCUT2D eigenvalue weighted by molar-refractivity contribution is 7.99. The SMILES string of the molecule is C=CN/C=C(\c1cc(/C(C=N)=C/BC)ccc1C)c1cc(SCC)ccc1CCC. The van der Waals surface area contributed by atoms with Crippen molar-refractivity contribution in [2.24, 2.45) is 0 Å². The fourth-order valence-corrected chi connectivity index (χ4v) is 4.26. The van der Waals surface area contributed by atoms with Gasteiger partial charge >= 0.3 is 0 Å². The lowest BCUT2D eigenvalue weighted by molar-refractivity contribution is 0.916. The molecule has 0 aromatic heterocycles. The van der Waals surface area contributed by atoms with E-state index in [0.717, 1.165) is 42.6 Å². The van der Waals surface area contributed by atoms with Crippen molar-refractivity contribution in [2.75, 3.05) is 5.75 Å². The number of aryl methyl sites for hydroxylation is 2. The number of rotatable bonds is 11. The Morgan fingerprint density at radius 2 is 1.97 bits per heavy atom. The van der Waals surface area contributed by atoms with Crippen molar-refractivity contribution >= 4 is 36.4 Å². The summed E-state index contributed by atoms with van der Waals surface area (Å²) < 4.78 is 0. The quantitative estimate of drug-likeness (QED) is 0.244. The molecule has 2 rings (SSSR count). The monoisotopic (exact) mass is 416 g/mol. The molecule has 0 unspecified atom stereocenters. The minimum Gasteiger partial charge on any atom is -0.368 e. The van der Waals surface area contributed by atoms with E-state index >= 15 is 0 Å². The van der Waals surface area contributed by atoms with Crippen molar-refractivity contribution in [1.29, 1.82) is 5.41 Å². The third kappa shape index (κ3) is 6.02. The fourth-order valence-electron chi connectivity index (χ4n) is 3.56. The molecule has 2 aromatic carbocycles. The Bertz CT molecular complexity index is 944. The van der Waals surface area contributed by atoms with Gasteiger partial charge in [-0.25, -0.2) is 0 Å². The molecular formula is C26H33BN2S. The van der Waals surface area contributed by atoms with Gasteiger partial charge in [0.1, 0.15) is 7.28 Å².